The zero-order valence-corrected chi connectivity index (χ0v) is 20.1. The Kier molecular flexibility index (Phi) is 6.29. The van der Waals surface area contributed by atoms with Gasteiger partial charge in [-0.3, -0.25) is 0 Å². The molecule has 4 rings (SSSR count). The van der Waals surface area contributed by atoms with E-state index >= 15 is 0 Å². The second kappa shape index (κ2) is 8.33. The summed E-state index contributed by atoms with van der Waals surface area (Å²) in [5, 5.41) is 10.2. The molecule has 4 aliphatic rings. The van der Waals surface area contributed by atoms with Crippen molar-refractivity contribution in [1.82, 2.24) is 0 Å². The third kappa shape index (κ3) is 3.56. The molecule has 0 aliphatic heterocycles. The molecule has 1 unspecified atom stereocenters. The molecule has 4 aliphatic carbocycles. The maximum absolute atomic E-state index is 10.2. The number of allylic oxidation sites excluding steroid dienone is 2. The van der Waals surface area contributed by atoms with E-state index in [9.17, 15) is 5.11 Å². The summed E-state index contributed by atoms with van der Waals surface area (Å²) in [7, 11) is 0. The van der Waals surface area contributed by atoms with Gasteiger partial charge in [-0.2, -0.15) is 0 Å². The quantitative estimate of drug-likeness (QED) is 0.454. The van der Waals surface area contributed by atoms with Gasteiger partial charge in [0, 0.05) is 6.61 Å². The van der Waals surface area contributed by atoms with Gasteiger partial charge in [-0.15, -0.1) is 0 Å². The molecular weight excluding hydrogens is 352 g/mol. The van der Waals surface area contributed by atoms with E-state index in [-0.39, 0.29) is 5.41 Å². The van der Waals surface area contributed by atoms with E-state index in [2.05, 4.69) is 40.7 Å². The predicted molar refractivity (Wildman–Crippen MR) is 124 cm³/mol. The molecule has 0 radical (unpaired) electrons. The summed E-state index contributed by atoms with van der Waals surface area (Å²) >= 11 is 0. The number of rotatable bonds is 6. The van der Waals surface area contributed by atoms with Gasteiger partial charge in [0.2, 0.25) is 0 Å². The van der Waals surface area contributed by atoms with Crippen LogP contribution >= 0.6 is 0 Å². The van der Waals surface area contributed by atoms with Gasteiger partial charge in [-0.25, -0.2) is 0 Å². The van der Waals surface area contributed by atoms with E-state index in [4.69, 9.17) is 0 Å². The van der Waals surface area contributed by atoms with Crippen LogP contribution in [-0.2, 0) is 0 Å². The second-order valence-corrected chi connectivity index (χ2v) is 12.4. The highest BCUT2D eigenvalue weighted by Crippen LogP contribution is 2.68. The highest BCUT2D eigenvalue weighted by atomic mass is 16.3. The molecule has 8 atom stereocenters. The minimum absolute atomic E-state index is 0.290. The molecule has 29 heavy (non-hydrogen) atoms. The molecule has 0 amide bonds. The van der Waals surface area contributed by atoms with Crippen molar-refractivity contribution in [2.45, 2.75) is 105 Å². The maximum atomic E-state index is 10.2. The second-order valence-electron chi connectivity index (χ2n) is 12.4. The first-order chi connectivity index (χ1) is 13.8. The van der Waals surface area contributed by atoms with Crippen molar-refractivity contribution in [2.75, 3.05) is 6.61 Å². The van der Waals surface area contributed by atoms with Crippen LogP contribution in [0.25, 0.3) is 0 Å². The normalized spacial score (nSPS) is 45.3. The minimum Gasteiger partial charge on any atom is -0.396 e. The summed E-state index contributed by atoms with van der Waals surface area (Å²) in [6.45, 7) is 13.0. The number of aliphatic hydroxyl groups is 1. The number of aliphatic hydroxyl groups excluding tert-OH is 1. The average Bonchev–Trinajstić information content (AvgIpc) is 3.04. The molecule has 0 aromatic rings. The van der Waals surface area contributed by atoms with Gasteiger partial charge in [0.1, 0.15) is 0 Å². The van der Waals surface area contributed by atoms with Crippen LogP contribution in [0.15, 0.2) is 11.6 Å². The lowest BCUT2D eigenvalue weighted by Crippen LogP contribution is -2.53. The van der Waals surface area contributed by atoms with Gasteiger partial charge in [-0.05, 0) is 104 Å². The first-order valence-corrected chi connectivity index (χ1v) is 13.1. The van der Waals surface area contributed by atoms with Crippen LogP contribution in [0.2, 0.25) is 0 Å². The van der Waals surface area contributed by atoms with Gasteiger partial charge >= 0.3 is 0 Å². The lowest BCUT2D eigenvalue weighted by atomic mass is 9.45. The van der Waals surface area contributed by atoms with Gasteiger partial charge in [0.25, 0.3) is 0 Å². The van der Waals surface area contributed by atoms with Gasteiger partial charge in [0.15, 0.2) is 0 Å². The number of fused-ring (bicyclic) bond motifs is 5. The first-order valence-electron chi connectivity index (χ1n) is 13.1. The van der Waals surface area contributed by atoms with Crippen LogP contribution in [-0.4, -0.2) is 11.7 Å². The van der Waals surface area contributed by atoms with Crippen LogP contribution in [0, 0.1) is 52.3 Å². The van der Waals surface area contributed by atoms with Crippen molar-refractivity contribution in [2.24, 2.45) is 52.3 Å². The van der Waals surface area contributed by atoms with Crippen molar-refractivity contribution >= 4 is 0 Å². The highest BCUT2D eigenvalue weighted by Gasteiger charge is 2.60. The Morgan fingerprint density at radius 2 is 1.83 bits per heavy atom. The molecule has 1 heteroatoms. The molecule has 0 aromatic carbocycles. The third-order valence-electron chi connectivity index (χ3n) is 10.8. The Bertz CT molecular complexity index is 605. The standard InChI is InChI=1S/C28H48O/c1-19(2)8-6-9-20(3)24-14-15-25-23-13-12-21-10-7-11-22(18-29)28(21,5)26(23)16-17-27(24,25)4/h12,19-20,22-26,29H,6-11,13-18H2,1-5H3/t20-,22?,23+,24-,25+,26+,27-,28+/m1/s1. The molecule has 1 N–H and O–H groups in total. The van der Waals surface area contributed by atoms with Crippen LogP contribution in [0.4, 0.5) is 0 Å². The summed E-state index contributed by atoms with van der Waals surface area (Å²) in [6, 6.07) is 0. The maximum Gasteiger partial charge on any atom is 0.0467 e. The van der Waals surface area contributed by atoms with Crippen molar-refractivity contribution in [3.05, 3.63) is 11.6 Å². The third-order valence-corrected chi connectivity index (χ3v) is 10.8. The van der Waals surface area contributed by atoms with E-state index in [1.165, 1.54) is 70.6 Å². The summed E-state index contributed by atoms with van der Waals surface area (Å²) in [5.74, 6) is 5.82. The molecule has 3 saturated carbocycles. The lowest BCUT2D eigenvalue weighted by Gasteiger charge is -2.60. The summed E-state index contributed by atoms with van der Waals surface area (Å²) < 4.78 is 0. The van der Waals surface area contributed by atoms with Gasteiger partial charge in [0.05, 0.1) is 0 Å². The summed E-state index contributed by atoms with van der Waals surface area (Å²) in [6.07, 6.45) is 17.9. The average molecular weight is 401 g/mol. The van der Waals surface area contributed by atoms with Crippen molar-refractivity contribution in [3.8, 4) is 0 Å². The fourth-order valence-electron chi connectivity index (χ4n) is 9.18. The Morgan fingerprint density at radius 1 is 1.03 bits per heavy atom. The highest BCUT2D eigenvalue weighted by molar-refractivity contribution is 5.26. The van der Waals surface area contributed by atoms with Gasteiger partial charge in [-0.1, -0.05) is 65.5 Å². The SMILES string of the molecule is CC(C)CCC[C@@H](C)[C@H]1CC[C@H]2[C@@H]3CC=C4CCCC(CO)[C@@]4(C)[C@H]3CC[C@]12C. The molecule has 0 heterocycles. The minimum atomic E-state index is 0.290. The zero-order chi connectivity index (χ0) is 20.8. The van der Waals surface area contributed by atoms with Crippen LogP contribution < -0.4 is 0 Å². The number of hydrogen-bond donors (Lipinski definition) is 1. The molecule has 0 spiro atoms. The van der Waals surface area contributed by atoms with E-state index in [1.807, 2.05) is 0 Å². The van der Waals surface area contributed by atoms with Crippen LogP contribution in [0.3, 0.4) is 0 Å². The molecular formula is C28H48O. The van der Waals surface area contributed by atoms with Crippen LogP contribution in [0.1, 0.15) is 105 Å². The van der Waals surface area contributed by atoms with Crippen molar-refractivity contribution in [1.29, 1.82) is 0 Å². The predicted octanol–water partition coefficient (Wildman–Crippen LogP) is 7.64. The summed E-state index contributed by atoms with van der Waals surface area (Å²) in [4.78, 5) is 0. The fraction of sp³-hybridized carbons (Fsp3) is 0.929. The van der Waals surface area contributed by atoms with Crippen molar-refractivity contribution < 1.29 is 5.11 Å². The molecule has 3 fully saturated rings. The van der Waals surface area contributed by atoms with Crippen molar-refractivity contribution in [3.63, 3.8) is 0 Å². The summed E-state index contributed by atoms with van der Waals surface area (Å²) in [5.41, 5.74) is 2.59. The van der Waals surface area contributed by atoms with Gasteiger partial charge < -0.3 is 5.11 Å². The monoisotopic (exact) mass is 400 g/mol. The first kappa shape index (κ1) is 21.9. The largest absolute Gasteiger partial charge is 0.396 e. The Labute approximate surface area is 181 Å². The molecule has 0 bridgehead atoms. The van der Waals surface area contributed by atoms with Crippen LogP contribution in [0.5, 0.6) is 0 Å². The molecule has 1 nitrogen and oxygen atoms in total. The zero-order valence-electron chi connectivity index (χ0n) is 20.1. The Hall–Kier alpha value is -0.300. The Balaban J connectivity index is 1.52. The molecule has 0 saturated heterocycles. The van der Waals surface area contributed by atoms with E-state index in [0.717, 1.165) is 35.5 Å². The number of hydrogen-bond acceptors (Lipinski definition) is 1. The van der Waals surface area contributed by atoms with E-state index in [0.29, 0.717) is 17.9 Å². The molecule has 0 aromatic heterocycles. The topological polar surface area (TPSA) is 20.2 Å². The molecule has 166 valence electrons. The van der Waals surface area contributed by atoms with E-state index < -0.39 is 0 Å². The van der Waals surface area contributed by atoms with E-state index in [1.54, 1.807) is 5.57 Å². The fourth-order valence-corrected chi connectivity index (χ4v) is 9.18. The Morgan fingerprint density at radius 3 is 2.55 bits per heavy atom. The smallest absolute Gasteiger partial charge is 0.0467 e. The lowest BCUT2D eigenvalue weighted by molar-refractivity contribution is -0.0754.